The topological polar surface area (TPSA) is 74.9 Å². The fraction of sp³-hybridized carbons (Fsp3) is 0.423. The van der Waals surface area contributed by atoms with Gasteiger partial charge in [-0.1, -0.05) is 18.2 Å². The summed E-state index contributed by atoms with van der Waals surface area (Å²) in [5, 5.41) is 15.0. The average Bonchev–Trinajstić information content (AvgIpc) is 3.50. The van der Waals surface area contributed by atoms with Crippen LogP contribution in [0.15, 0.2) is 52.9 Å². The smallest absolute Gasteiger partial charge is 0.287 e. The van der Waals surface area contributed by atoms with E-state index in [1.165, 1.54) is 12.1 Å². The Morgan fingerprint density at radius 3 is 2.67 bits per heavy atom. The van der Waals surface area contributed by atoms with Crippen LogP contribution in [0.25, 0.3) is 11.0 Å². The monoisotopic (exact) mass is 452 g/mol. The van der Waals surface area contributed by atoms with Gasteiger partial charge in [-0.15, -0.1) is 0 Å². The zero-order valence-corrected chi connectivity index (χ0v) is 18.6. The van der Waals surface area contributed by atoms with Crippen LogP contribution in [0.4, 0.5) is 4.39 Å². The molecule has 2 aromatic carbocycles. The number of fused-ring (bicyclic) bond motifs is 1. The molecule has 2 aliphatic rings. The molecule has 1 atom stereocenters. The highest BCUT2D eigenvalue weighted by Crippen LogP contribution is 2.35. The lowest BCUT2D eigenvalue weighted by molar-refractivity contribution is -0.0276. The molecular weight excluding hydrogens is 423 g/mol. The lowest BCUT2D eigenvalue weighted by Gasteiger charge is -2.38. The van der Waals surface area contributed by atoms with Gasteiger partial charge in [0.05, 0.1) is 11.7 Å². The first-order chi connectivity index (χ1) is 16.0. The third kappa shape index (κ3) is 4.95. The van der Waals surface area contributed by atoms with Crippen LogP contribution in [0.3, 0.4) is 0 Å². The molecule has 7 heteroatoms. The van der Waals surface area contributed by atoms with Crippen LogP contribution in [-0.4, -0.2) is 48.3 Å². The molecule has 3 heterocycles. The zero-order valence-electron chi connectivity index (χ0n) is 18.6. The van der Waals surface area contributed by atoms with Crippen LogP contribution >= 0.6 is 0 Å². The summed E-state index contributed by atoms with van der Waals surface area (Å²) in [7, 11) is 0. The van der Waals surface area contributed by atoms with Gasteiger partial charge in [-0.2, -0.15) is 0 Å². The van der Waals surface area contributed by atoms with E-state index in [-0.39, 0.29) is 23.6 Å². The molecule has 1 aromatic heterocycles. The van der Waals surface area contributed by atoms with E-state index in [1.807, 2.05) is 18.2 Å². The fourth-order valence-corrected chi connectivity index (χ4v) is 4.76. The maximum atomic E-state index is 13.1. The molecule has 5 rings (SSSR count). The summed E-state index contributed by atoms with van der Waals surface area (Å²) in [5.74, 6) is -0.220. The Hall–Kier alpha value is -2.74. The standard InChI is InChI=1S/C26H29FN2O4/c27-21-6-3-18(4-7-21)17-29-11-9-26(31,10-12-29)20-5-8-23-19(14-20)15-24(33-23)25(30)28-16-22-2-1-13-32-22/h3-8,14-15,22,31H,1-2,9-13,16-17H2,(H,28,30). The van der Waals surface area contributed by atoms with Crippen LogP contribution in [0.1, 0.15) is 47.4 Å². The quantitative estimate of drug-likeness (QED) is 0.592. The lowest BCUT2D eigenvalue weighted by Crippen LogP contribution is -2.42. The number of amides is 1. The summed E-state index contributed by atoms with van der Waals surface area (Å²) in [4.78, 5) is 14.8. The van der Waals surface area contributed by atoms with Crippen molar-refractivity contribution in [3.63, 3.8) is 0 Å². The molecular formula is C26H29FN2O4. The number of halogens is 1. The molecule has 0 spiro atoms. The van der Waals surface area contributed by atoms with Gasteiger partial charge < -0.3 is 19.6 Å². The maximum absolute atomic E-state index is 13.1. The van der Waals surface area contributed by atoms with E-state index in [1.54, 1.807) is 18.2 Å². The first kappa shape index (κ1) is 22.1. The van der Waals surface area contributed by atoms with Crippen LogP contribution in [0, 0.1) is 5.82 Å². The SMILES string of the molecule is O=C(NCC1CCCO1)c1cc2cc(C3(O)CCN(Cc4ccc(F)cc4)CC3)ccc2o1. The van der Waals surface area contributed by atoms with E-state index >= 15 is 0 Å². The number of rotatable bonds is 6. The van der Waals surface area contributed by atoms with Crippen molar-refractivity contribution >= 4 is 16.9 Å². The largest absolute Gasteiger partial charge is 0.451 e. The van der Waals surface area contributed by atoms with Crippen LogP contribution in [-0.2, 0) is 16.9 Å². The Morgan fingerprint density at radius 1 is 1.15 bits per heavy atom. The highest BCUT2D eigenvalue weighted by molar-refractivity contribution is 5.96. The van der Waals surface area contributed by atoms with Crippen LogP contribution in [0.5, 0.6) is 0 Å². The number of benzene rings is 2. The number of hydrogen-bond acceptors (Lipinski definition) is 5. The molecule has 3 aromatic rings. The Kier molecular flexibility index (Phi) is 6.19. The summed E-state index contributed by atoms with van der Waals surface area (Å²) in [6.07, 6.45) is 3.27. The number of carbonyl (C=O) groups is 1. The van der Waals surface area contributed by atoms with Crippen molar-refractivity contribution in [3.05, 3.63) is 71.2 Å². The molecule has 0 radical (unpaired) electrons. The molecule has 0 bridgehead atoms. The van der Waals surface area contributed by atoms with Gasteiger partial charge in [-0.05, 0) is 67.1 Å². The van der Waals surface area contributed by atoms with Gasteiger partial charge in [0.2, 0.25) is 0 Å². The minimum Gasteiger partial charge on any atom is -0.451 e. The van der Waals surface area contributed by atoms with Crippen molar-refractivity contribution in [1.82, 2.24) is 10.2 Å². The normalized spacial score (nSPS) is 20.8. The molecule has 6 nitrogen and oxygen atoms in total. The van der Waals surface area contributed by atoms with E-state index < -0.39 is 5.60 Å². The summed E-state index contributed by atoms with van der Waals surface area (Å²) in [6.45, 7) is 3.46. The molecule has 33 heavy (non-hydrogen) atoms. The summed E-state index contributed by atoms with van der Waals surface area (Å²) in [6, 6.07) is 13.9. The van der Waals surface area contributed by atoms with Crippen LogP contribution < -0.4 is 5.32 Å². The predicted molar refractivity (Wildman–Crippen MR) is 122 cm³/mol. The number of nitrogens with one attached hydrogen (secondary N) is 1. The van der Waals surface area contributed by atoms with Crippen molar-refractivity contribution in [2.24, 2.45) is 0 Å². The summed E-state index contributed by atoms with van der Waals surface area (Å²) in [5.41, 5.74) is 1.60. The Morgan fingerprint density at radius 2 is 1.94 bits per heavy atom. The molecule has 0 saturated carbocycles. The second kappa shape index (κ2) is 9.25. The highest BCUT2D eigenvalue weighted by Gasteiger charge is 2.34. The van der Waals surface area contributed by atoms with Crippen LogP contribution in [0.2, 0.25) is 0 Å². The number of furan rings is 1. The van der Waals surface area contributed by atoms with Crippen molar-refractivity contribution in [2.45, 2.75) is 43.9 Å². The van der Waals surface area contributed by atoms with Gasteiger partial charge in [0.15, 0.2) is 5.76 Å². The summed E-state index contributed by atoms with van der Waals surface area (Å²) < 4.78 is 24.4. The molecule has 2 saturated heterocycles. The van der Waals surface area contributed by atoms with Gasteiger partial charge in [0.1, 0.15) is 11.4 Å². The fourth-order valence-electron chi connectivity index (χ4n) is 4.76. The highest BCUT2D eigenvalue weighted by atomic mass is 19.1. The maximum Gasteiger partial charge on any atom is 0.287 e. The number of piperidine rings is 1. The molecule has 1 amide bonds. The third-order valence-corrected chi connectivity index (χ3v) is 6.79. The molecule has 2 aliphatic heterocycles. The molecule has 0 aliphatic carbocycles. The van der Waals surface area contributed by atoms with Gasteiger partial charge in [-0.3, -0.25) is 9.69 Å². The van der Waals surface area contributed by atoms with Crippen molar-refractivity contribution < 1.29 is 23.4 Å². The second-order valence-electron chi connectivity index (χ2n) is 9.14. The minimum absolute atomic E-state index is 0.0769. The number of likely N-dealkylation sites (tertiary alicyclic amines) is 1. The number of carbonyl (C=O) groups excluding carboxylic acids is 1. The van der Waals surface area contributed by atoms with E-state index in [0.29, 0.717) is 25.0 Å². The Labute approximate surface area is 192 Å². The van der Waals surface area contributed by atoms with E-state index in [9.17, 15) is 14.3 Å². The van der Waals surface area contributed by atoms with Gasteiger partial charge in [0, 0.05) is 38.2 Å². The number of aliphatic hydroxyl groups is 1. The van der Waals surface area contributed by atoms with Gasteiger partial charge in [-0.25, -0.2) is 4.39 Å². The van der Waals surface area contributed by atoms with Gasteiger partial charge in [0.25, 0.3) is 5.91 Å². The molecule has 2 N–H and O–H groups in total. The number of hydrogen-bond donors (Lipinski definition) is 2. The zero-order chi connectivity index (χ0) is 22.8. The minimum atomic E-state index is -0.924. The molecule has 174 valence electrons. The Bertz CT molecular complexity index is 1110. The second-order valence-corrected chi connectivity index (χ2v) is 9.14. The molecule has 2 fully saturated rings. The van der Waals surface area contributed by atoms with E-state index in [2.05, 4.69) is 10.2 Å². The lowest BCUT2D eigenvalue weighted by atomic mass is 9.84. The first-order valence-corrected chi connectivity index (χ1v) is 11.6. The molecule has 1 unspecified atom stereocenters. The van der Waals surface area contributed by atoms with Crippen molar-refractivity contribution in [3.8, 4) is 0 Å². The first-order valence-electron chi connectivity index (χ1n) is 11.6. The predicted octanol–water partition coefficient (Wildman–Crippen LogP) is 3.96. The van der Waals surface area contributed by atoms with Crippen molar-refractivity contribution in [1.29, 1.82) is 0 Å². The number of nitrogens with zero attached hydrogens (tertiary/aromatic N) is 1. The Balaban J connectivity index is 1.22. The van der Waals surface area contributed by atoms with E-state index in [4.69, 9.17) is 9.15 Å². The average molecular weight is 453 g/mol. The van der Waals surface area contributed by atoms with Crippen molar-refractivity contribution in [2.75, 3.05) is 26.2 Å². The van der Waals surface area contributed by atoms with Gasteiger partial charge >= 0.3 is 0 Å². The van der Waals surface area contributed by atoms with E-state index in [0.717, 1.165) is 55.6 Å². The third-order valence-electron chi connectivity index (χ3n) is 6.79. The summed E-state index contributed by atoms with van der Waals surface area (Å²) >= 11 is 0. The number of ether oxygens (including phenoxy) is 1.